The summed E-state index contributed by atoms with van der Waals surface area (Å²) in [5, 5.41) is 6.76. The van der Waals surface area contributed by atoms with E-state index < -0.39 is 11.8 Å². The first kappa shape index (κ1) is 28.2. The fraction of sp³-hybridized carbons (Fsp3) is 0.333. The zero-order chi connectivity index (χ0) is 29.5. The molecule has 1 unspecified atom stereocenters. The Labute approximate surface area is 241 Å². The van der Waals surface area contributed by atoms with Gasteiger partial charge in [-0.05, 0) is 54.7 Å². The Bertz CT molecular complexity index is 1640. The molecule has 1 aromatic heterocycles. The maximum Gasteiger partial charge on any atom is 0.256 e. The molecule has 0 saturated heterocycles. The molecule has 1 aliphatic carbocycles. The summed E-state index contributed by atoms with van der Waals surface area (Å²) >= 11 is 1.34. The van der Waals surface area contributed by atoms with Gasteiger partial charge in [0.05, 0.1) is 24.4 Å². The SMILES string of the molecule is COc1ccc2nc(NC(=O)C3=C(C)NC4=C(C(=O)CC(C)(C)C4)C3c3ccc(OCC(N)=O)c(OC)c3)sc2c1. The molecule has 2 heterocycles. The maximum absolute atomic E-state index is 14.0. The van der Waals surface area contributed by atoms with Gasteiger partial charge in [0.1, 0.15) is 5.75 Å². The Kier molecular flexibility index (Phi) is 7.48. The van der Waals surface area contributed by atoms with E-state index in [1.807, 2.05) is 25.1 Å². The number of dihydropyridines is 1. The van der Waals surface area contributed by atoms with Crippen LogP contribution in [0.5, 0.6) is 17.2 Å². The normalized spacial score (nSPS) is 18.1. The number of nitrogens with two attached hydrogens (primary N) is 1. The summed E-state index contributed by atoms with van der Waals surface area (Å²) in [6.07, 6.45) is 1.02. The lowest BCUT2D eigenvalue weighted by atomic mass is 9.68. The van der Waals surface area contributed by atoms with E-state index in [1.165, 1.54) is 18.4 Å². The number of primary amides is 1. The van der Waals surface area contributed by atoms with Crippen LogP contribution in [0.25, 0.3) is 10.2 Å². The zero-order valence-electron chi connectivity index (χ0n) is 23.5. The number of hydrogen-bond donors (Lipinski definition) is 3. The number of rotatable bonds is 8. The van der Waals surface area contributed by atoms with E-state index in [0.717, 1.165) is 15.9 Å². The van der Waals surface area contributed by atoms with Gasteiger partial charge < -0.3 is 25.3 Å². The standard InChI is InChI=1S/C30H32N4O6S/c1-15-25(28(37)34-29-33-18-8-7-17(38-4)11-23(18)41-29)26(27-19(32-15)12-30(2,3)13-20(27)35)16-6-9-21(22(10-16)39-5)40-14-24(31)36/h6-11,26,32H,12-14H2,1-5H3,(H2,31,36)(H,33,34,37). The van der Waals surface area contributed by atoms with Crippen molar-refractivity contribution in [2.24, 2.45) is 11.1 Å². The van der Waals surface area contributed by atoms with Crippen LogP contribution in [-0.4, -0.2) is 43.4 Å². The predicted octanol–water partition coefficient (Wildman–Crippen LogP) is 4.42. The number of ether oxygens (including phenoxy) is 3. The van der Waals surface area contributed by atoms with Crippen molar-refractivity contribution >= 4 is 44.3 Å². The molecule has 2 aromatic carbocycles. The van der Waals surface area contributed by atoms with E-state index in [4.69, 9.17) is 19.9 Å². The topological polar surface area (TPSA) is 142 Å². The minimum Gasteiger partial charge on any atom is -0.497 e. The number of allylic oxidation sites excluding steroid dienone is 3. The highest BCUT2D eigenvalue weighted by molar-refractivity contribution is 7.22. The van der Waals surface area contributed by atoms with Crippen LogP contribution in [0.15, 0.2) is 58.9 Å². The van der Waals surface area contributed by atoms with Crippen molar-refractivity contribution in [3.05, 3.63) is 64.5 Å². The number of nitrogens with one attached hydrogen (secondary N) is 2. The summed E-state index contributed by atoms with van der Waals surface area (Å²) in [5.41, 5.74) is 8.85. The molecule has 0 bridgehead atoms. The number of nitrogens with zero attached hydrogens (tertiary/aromatic N) is 1. The summed E-state index contributed by atoms with van der Waals surface area (Å²) in [4.78, 5) is 43.5. The van der Waals surface area contributed by atoms with Crippen molar-refractivity contribution in [3.8, 4) is 17.2 Å². The van der Waals surface area contributed by atoms with Crippen molar-refractivity contribution in [1.82, 2.24) is 10.3 Å². The van der Waals surface area contributed by atoms with E-state index in [-0.39, 0.29) is 23.7 Å². The second kappa shape index (κ2) is 10.9. The Morgan fingerprint density at radius 3 is 2.61 bits per heavy atom. The highest BCUT2D eigenvalue weighted by Crippen LogP contribution is 2.48. The van der Waals surface area contributed by atoms with E-state index >= 15 is 0 Å². The molecule has 4 N–H and O–H groups in total. The minimum absolute atomic E-state index is 0.0216. The first-order chi connectivity index (χ1) is 19.5. The molecule has 214 valence electrons. The average Bonchev–Trinajstić information content (AvgIpc) is 3.31. The number of anilines is 1. The molecule has 10 nitrogen and oxygen atoms in total. The molecule has 1 atom stereocenters. The van der Waals surface area contributed by atoms with Gasteiger partial charge in [0.25, 0.3) is 11.8 Å². The number of benzene rings is 2. The second-order valence-electron chi connectivity index (χ2n) is 10.9. The quantitative estimate of drug-likeness (QED) is 0.358. The van der Waals surface area contributed by atoms with Crippen LogP contribution in [0.4, 0.5) is 5.13 Å². The highest BCUT2D eigenvalue weighted by Gasteiger charge is 2.43. The van der Waals surface area contributed by atoms with Gasteiger partial charge in [0, 0.05) is 34.9 Å². The summed E-state index contributed by atoms with van der Waals surface area (Å²) in [6.45, 7) is 5.64. The molecule has 5 rings (SSSR count). The third kappa shape index (κ3) is 5.62. The van der Waals surface area contributed by atoms with Crippen LogP contribution in [0.3, 0.4) is 0 Å². The smallest absolute Gasteiger partial charge is 0.256 e. The van der Waals surface area contributed by atoms with Crippen LogP contribution in [-0.2, 0) is 14.4 Å². The Morgan fingerprint density at radius 1 is 1.12 bits per heavy atom. The van der Waals surface area contributed by atoms with Crippen LogP contribution in [0, 0.1) is 5.41 Å². The van der Waals surface area contributed by atoms with Crippen molar-refractivity contribution < 1.29 is 28.6 Å². The zero-order valence-corrected chi connectivity index (χ0v) is 24.4. The number of fused-ring (bicyclic) bond motifs is 1. The number of carbonyl (C=O) groups excluding carboxylic acids is 3. The van der Waals surface area contributed by atoms with E-state index in [1.54, 1.807) is 25.3 Å². The lowest BCUT2D eigenvalue weighted by Crippen LogP contribution is -2.39. The third-order valence-corrected chi connectivity index (χ3v) is 8.12. The van der Waals surface area contributed by atoms with Gasteiger partial charge in [0.2, 0.25) is 0 Å². The van der Waals surface area contributed by atoms with Crippen molar-refractivity contribution in [2.75, 3.05) is 26.1 Å². The van der Waals surface area contributed by atoms with Crippen molar-refractivity contribution in [2.45, 2.75) is 39.5 Å². The first-order valence-electron chi connectivity index (χ1n) is 13.1. The average molecular weight is 577 g/mol. The number of ketones is 1. The number of amides is 2. The lowest BCUT2D eigenvalue weighted by Gasteiger charge is -2.39. The summed E-state index contributed by atoms with van der Waals surface area (Å²) in [5.74, 6) is -0.301. The molecule has 0 radical (unpaired) electrons. The van der Waals surface area contributed by atoms with E-state index in [0.29, 0.717) is 57.6 Å². The highest BCUT2D eigenvalue weighted by atomic mass is 32.1. The number of methoxy groups -OCH3 is 2. The number of thiazole rings is 1. The number of carbonyl (C=O) groups is 3. The predicted molar refractivity (Wildman–Crippen MR) is 156 cm³/mol. The van der Waals surface area contributed by atoms with Gasteiger partial charge in [-0.3, -0.25) is 19.7 Å². The Balaban J connectivity index is 1.57. The van der Waals surface area contributed by atoms with Gasteiger partial charge in [0.15, 0.2) is 29.0 Å². The van der Waals surface area contributed by atoms with Gasteiger partial charge in [-0.25, -0.2) is 4.98 Å². The molecular formula is C30H32N4O6S. The second-order valence-corrected chi connectivity index (χ2v) is 11.9. The molecule has 0 saturated carbocycles. The summed E-state index contributed by atoms with van der Waals surface area (Å²) in [7, 11) is 3.08. The van der Waals surface area contributed by atoms with E-state index in [9.17, 15) is 14.4 Å². The molecule has 2 amide bonds. The molecule has 41 heavy (non-hydrogen) atoms. The number of hydrogen-bond acceptors (Lipinski definition) is 9. The molecule has 2 aliphatic rings. The first-order valence-corrected chi connectivity index (χ1v) is 13.9. The number of Topliss-reactive ketones (excluding diaryl/α,β-unsaturated/α-hetero) is 1. The minimum atomic E-state index is -0.664. The molecular weight excluding hydrogens is 544 g/mol. The van der Waals surface area contributed by atoms with E-state index in [2.05, 4.69) is 29.5 Å². The molecule has 3 aromatic rings. The van der Waals surface area contributed by atoms with Crippen LogP contribution >= 0.6 is 11.3 Å². The maximum atomic E-state index is 14.0. The fourth-order valence-corrected chi connectivity index (χ4v) is 6.34. The Morgan fingerprint density at radius 2 is 1.90 bits per heavy atom. The van der Waals surface area contributed by atoms with Crippen LogP contribution in [0.1, 0.15) is 45.1 Å². The van der Waals surface area contributed by atoms with Crippen LogP contribution in [0.2, 0.25) is 0 Å². The lowest BCUT2D eigenvalue weighted by molar-refractivity contribution is -0.120. The monoisotopic (exact) mass is 576 g/mol. The van der Waals surface area contributed by atoms with Crippen molar-refractivity contribution in [3.63, 3.8) is 0 Å². The van der Waals surface area contributed by atoms with Gasteiger partial charge >= 0.3 is 0 Å². The Hall–Kier alpha value is -4.38. The van der Waals surface area contributed by atoms with Crippen molar-refractivity contribution in [1.29, 1.82) is 0 Å². The molecule has 0 fully saturated rings. The van der Waals surface area contributed by atoms with Gasteiger partial charge in [-0.2, -0.15) is 0 Å². The van der Waals surface area contributed by atoms with Gasteiger partial charge in [-0.1, -0.05) is 31.3 Å². The molecule has 11 heteroatoms. The molecule has 1 aliphatic heterocycles. The third-order valence-electron chi connectivity index (χ3n) is 7.19. The van der Waals surface area contributed by atoms with Gasteiger partial charge in [-0.15, -0.1) is 0 Å². The number of aromatic nitrogens is 1. The molecule has 0 spiro atoms. The van der Waals surface area contributed by atoms with Crippen LogP contribution < -0.4 is 30.6 Å². The summed E-state index contributed by atoms with van der Waals surface area (Å²) in [6, 6.07) is 10.7. The largest absolute Gasteiger partial charge is 0.497 e. The summed E-state index contributed by atoms with van der Waals surface area (Å²) < 4.78 is 17.2. The fourth-order valence-electron chi connectivity index (χ4n) is 5.45.